The van der Waals surface area contributed by atoms with E-state index in [2.05, 4.69) is 36.0 Å². The highest BCUT2D eigenvalue weighted by molar-refractivity contribution is 5.83. The van der Waals surface area contributed by atoms with E-state index >= 15 is 8.78 Å². The van der Waals surface area contributed by atoms with Crippen molar-refractivity contribution in [3.63, 3.8) is 0 Å². The first kappa shape index (κ1) is 34.2. The van der Waals surface area contributed by atoms with Crippen molar-refractivity contribution in [2.45, 2.75) is 63.5 Å². The number of aromatic amines is 1. The van der Waals surface area contributed by atoms with Crippen LogP contribution < -0.4 is 10.9 Å². The van der Waals surface area contributed by atoms with Crippen molar-refractivity contribution in [2.24, 2.45) is 5.92 Å². The van der Waals surface area contributed by atoms with Crippen LogP contribution in [0.25, 0.3) is 28.0 Å². The quantitative estimate of drug-likeness (QED) is 0.168. The third kappa shape index (κ3) is 6.00. The molecule has 8 rings (SSSR count). The molecule has 2 aliphatic carbocycles. The summed E-state index contributed by atoms with van der Waals surface area (Å²) in [6.07, 6.45) is -2.02. The van der Waals surface area contributed by atoms with E-state index < -0.39 is 71.3 Å². The fraction of sp³-hybridized carbons (Fsp3) is 0.314. The van der Waals surface area contributed by atoms with Crippen molar-refractivity contribution in [1.82, 2.24) is 50.3 Å². The standard InChI is InChI=1S/C35H28F6N10O2/c1-15(2)24-6-4-20(13-42-24)51-33(44-25-10-17(32-45-48-49-46-32)3-5-21(25)34(51)53)26(9-16-7-18(36)11-19(37)8-16)43-27(52)14-50-30-28(29(47-50)31(38)39)22-12-23(22)35(30,40)41/h3-8,10-11,13,15,22-23,26,31H,9,12,14H2,1-2H3,(H,43,52)(H,45,46,48,49)/t22?,23?,26-/m0/s1. The summed E-state index contributed by atoms with van der Waals surface area (Å²) in [4.78, 5) is 37.4. The Morgan fingerprint density at radius 3 is 2.51 bits per heavy atom. The maximum Gasteiger partial charge on any atom is 0.293 e. The number of nitrogens with one attached hydrogen (secondary N) is 2. The molecule has 0 aliphatic heterocycles. The predicted octanol–water partition coefficient (Wildman–Crippen LogP) is 5.81. The van der Waals surface area contributed by atoms with Crippen LogP contribution in [-0.2, 0) is 23.7 Å². The zero-order chi connectivity index (χ0) is 37.3. The topological polar surface area (TPSA) is 149 Å². The van der Waals surface area contributed by atoms with Crippen LogP contribution in [0.3, 0.4) is 0 Å². The van der Waals surface area contributed by atoms with Crippen molar-refractivity contribution in [2.75, 3.05) is 0 Å². The Bertz CT molecular complexity index is 2430. The molecule has 18 heteroatoms. The second-order valence-electron chi connectivity index (χ2n) is 13.5. The Hall–Kier alpha value is -5.94. The predicted molar refractivity (Wildman–Crippen MR) is 175 cm³/mol. The molecule has 1 amide bonds. The molecule has 4 aromatic heterocycles. The van der Waals surface area contributed by atoms with Gasteiger partial charge in [0.2, 0.25) is 11.7 Å². The first-order valence-electron chi connectivity index (χ1n) is 16.6. The van der Waals surface area contributed by atoms with E-state index in [9.17, 15) is 27.2 Å². The van der Waals surface area contributed by atoms with E-state index in [4.69, 9.17) is 4.98 Å². The normalized spacial score (nSPS) is 17.7. The summed E-state index contributed by atoms with van der Waals surface area (Å²) < 4.78 is 89.3. The van der Waals surface area contributed by atoms with Gasteiger partial charge in [0.05, 0.1) is 28.8 Å². The monoisotopic (exact) mass is 734 g/mol. The van der Waals surface area contributed by atoms with Crippen molar-refractivity contribution in [3.05, 3.63) is 111 Å². The summed E-state index contributed by atoms with van der Waals surface area (Å²) in [5.74, 6) is -8.09. The molecule has 0 spiro atoms. The number of H-pyrrole nitrogens is 1. The summed E-state index contributed by atoms with van der Waals surface area (Å²) in [5, 5.41) is 20.4. The smallest absolute Gasteiger partial charge is 0.293 e. The Kier molecular flexibility index (Phi) is 8.14. The fourth-order valence-corrected chi connectivity index (χ4v) is 7.11. The maximum atomic E-state index is 15.3. The first-order valence-corrected chi connectivity index (χ1v) is 16.6. The second-order valence-corrected chi connectivity index (χ2v) is 13.5. The number of alkyl halides is 4. The van der Waals surface area contributed by atoms with Gasteiger partial charge in [0.1, 0.15) is 35.4 Å². The molecule has 272 valence electrons. The largest absolute Gasteiger partial charge is 0.344 e. The molecular formula is C35H28F6N10O2. The number of hydrogen-bond donors (Lipinski definition) is 2. The van der Waals surface area contributed by atoms with Crippen molar-refractivity contribution in [1.29, 1.82) is 0 Å². The van der Waals surface area contributed by atoms with E-state index in [-0.39, 0.29) is 58.1 Å². The lowest BCUT2D eigenvalue weighted by Gasteiger charge is -2.24. The number of benzene rings is 2. The third-order valence-corrected chi connectivity index (χ3v) is 9.59. The van der Waals surface area contributed by atoms with E-state index in [0.29, 0.717) is 22.0 Å². The van der Waals surface area contributed by atoms with Crippen LogP contribution in [0.2, 0.25) is 0 Å². The number of aromatic nitrogens is 9. The van der Waals surface area contributed by atoms with Gasteiger partial charge in [-0.3, -0.25) is 23.8 Å². The molecule has 0 saturated heterocycles. The van der Waals surface area contributed by atoms with Crippen LogP contribution in [-0.4, -0.2) is 50.8 Å². The molecular weight excluding hydrogens is 706 g/mol. The summed E-state index contributed by atoms with van der Waals surface area (Å²) >= 11 is 0. The fourth-order valence-electron chi connectivity index (χ4n) is 7.11. The number of rotatable bonds is 10. The number of carbonyl (C=O) groups is 1. The number of amides is 1. The Morgan fingerprint density at radius 1 is 1.08 bits per heavy atom. The zero-order valence-electron chi connectivity index (χ0n) is 27.9. The lowest BCUT2D eigenvalue weighted by molar-refractivity contribution is -0.123. The number of carbonyl (C=O) groups excluding carboxylic acids is 1. The Morgan fingerprint density at radius 2 is 1.85 bits per heavy atom. The average molecular weight is 735 g/mol. The molecule has 1 saturated carbocycles. The van der Waals surface area contributed by atoms with Gasteiger partial charge in [-0.05, 0) is 65.4 Å². The van der Waals surface area contributed by atoms with Crippen LogP contribution in [0.15, 0.2) is 59.5 Å². The third-order valence-electron chi connectivity index (χ3n) is 9.59. The van der Waals surface area contributed by atoms with Crippen LogP contribution in [0.4, 0.5) is 26.3 Å². The molecule has 2 N–H and O–H groups in total. The van der Waals surface area contributed by atoms with Crippen LogP contribution in [0.1, 0.15) is 78.6 Å². The lowest BCUT2D eigenvalue weighted by atomic mass is 10.0. The molecule has 2 aliphatic rings. The summed E-state index contributed by atoms with van der Waals surface area (Å²) in [6.45, 7) is 2.96. The molecule has 2 unspecified atom stereocenters. The van der Waals surface area contributed by atoms with Crippen molar-refractivity contribution in [3.8, 4) is 17.1 Å². The highest BCUT2D eigenvalue weighted by Crippen LogP contribution is 2.68. The number of pyridine rings is 1. The van der Waals surface area contributed by atoms with Gasteiger partial charge in [-0.1, -0.05) is 19.9 Å². The van der Waals surface area contributed by atoms with Gasteiger partial charge in [0.15, 0.2) is 0 Å². The molecule has 0 radical (unpaired) electrons. The first-order chi connectivity index (χ1) is 25.3. The molecule has 12 nitrogen and oxygen atoms in total. The molecule has 0 bridgehead atoms. The van der Waals surface area contributed by atoms with Crippen LogP contribution in [0.5, 0.6) is 0 Å². The van der Waals surface area contributed by atoms with Crippen LogP contribution in [0, 0.1) is 17.6 Å². The maximum absolute atomic E-state index is 15.3. The minimum Gasteiger partial charge on any atom is -0.344 e. The molecule has 6 aromatic rings. The van der Waals surface area contributed by atoms with E-state index in [0.717, 1.165) is 12.1 Å². The lowest BCUT2D eigenvalue weighted by Crippen LogP contribution is -2.38. The van der Waals surface area contributed by atoms with E-state index in [1.54, 1.807) is 18.2 Å². The average Bonchev–Trinajstić information content (AvgIpc) is 3.43. The molecule has 53 heavy (non-hydrogen) atoms. The van der Waals surface area contributed by atoms with Gasteiger partial charge in [0.25, 0.3) is 17.9 Å². The number of fused-ring (bicyclic) bond motifs is 4. The minimum atomic E-state index is -3.48. The zero-order valence-corrected chi connectivity index (χ0v) is 27.9. The number of nitrogens with zero attached hydrogens (tertiary/aromatic N) is 8. The van der Waals surface area contributed by atoms with Gasteiger partial charge in [-0.2, -0.15) is 19.1 Å². The second kappa shape index (κ2) is 12.6. The number of tetrazole rings is 1. The van der Waals surface area contributed by atoms with Gasteiger partial charge in [0, 0.05) is 35.2 Å². The summed E-state index contributed by atoms with van der Waals surface area (Å²) in [7, 11) is 0. The molecule has 2 aromatic carbocycles. The minimum absolute atomic E-state index is 0.0382. The highest BCUT2D eigenvalue weighted by atomic mass is 19.3. The Balaban J connectivity index is 1.27. The Labute approximate surface area is 295 Å². The molecule has 3 atom stereocenters. The highest BCUT2D eigenvalue weighted by Gasteiger charge is 2.67. The van der Waals surface area contributed by atoms with E-state index in [1.165, 1.54) is 22.9 Å². The SMILES string of the molecule is CC(C)c1ccc(-n2c([C@H](Cc3cc(F)cc(F)c3)NC(=O)Cn3nc(C(F)F)c4c3C(F)(F)C3CC43)nc3cc(-c4nn[nH]n4)ccc3c2=O)cn1. The van der Waals surface area contributed by atoms with Crippen LogP contribution >= 0.6 is 0 Å². The van der Waals surface area contributed by atoms with E-state index in [1.807, 2.05) is 13.8 Å². The van der Waals surface area contributed by atoms with Crippen molar-refractivity contribution < 1.29 is 31.1 Å². The van der Waals surface area contributed by atoms with Gasteiger partial charge < -0.3 is 5.32 Å². The molecule has 1 fully saturated rings. The summed E-state index contributed by atoms with van der Waals surface area (Å²) in [6, 6.07) is 9.31. The number of halogens is 6. The van der Waals surface area contributed by atoms with Gasteiger partial charge >= 0.3 is 0 Å². The van der Waals surface area contributed by atoms with Gasteiger partial charge in [-0.25, -0.2) is 22.5 Å². The van der Waals surface area contributed by atoms with Crippen molar-refractivity contribution >= 4 is 16.8 Å². The summed E-state index contributed by atoms with van der Waals surface area (Å²) in [5.41, 5.74) is -0.818. The number of hydrogen-bond acceptors (Lipinski definition) is 8. The van der Waals surface area contributed by atoms with Gasteiger partial charge in [-0.15, -0.1) is 10.2 Å². The molecule has 4 heterocycles.